The number of sulfone groups is 1. The Bertz CT molecular complexity index is 332. The van der Waals surface area contributed by atoms with Gasteiger partial charge in [0.1, 0.15) is 0 Å². The first-order valence-corrected chi connectivity index (χ1v) is 6.38. The number of hydrogen-bond acceptors (Lipinski definition) is 3. The van der Waals surface area contributed by atoms with Gasteiger partial charge < -0.3 is 4.90 Å². The Morgan fingerprint density at radius 1 is 1.31 bits per heavy atom. The number of nitrogens with zero attached hydrogens (tertiary/aromatic N) is 1. The average Bonchev–Trinajstić information content (AvgIpc) is 1.94. The Morgan fingerprint density at radius 2 is 1.85 bits per heavy atom. The molecule has 2 fully saturated rings. The van der Waals surface area contributed by atoms with Crippen LogP contribution in [-0.2, 0) is 9.84 Å². The van der Waals surface area contributed by atoms with Gasteiger partial charge in [0.15, 0.2) is 9.84 Å². The van der Waals surface area contributed by atoms with Gasteiger partial charge in [0, 0.05) is 6.04 Å². The van der Waals surface area contributed by atoms with Crippen LogP contribution in [0.25, 0.3) is 0 Å². The van der Waals surface area contributed by atoms with Crippen molar-refractivity contribution >= 4 is 9.84 Å². The Morgan fingerprint density at radius 3 is 2.15 bits per heavy atom. The Balaban J connectivity index is 2.28. The molecule has 1 heterocycles. The van der Waals surface area contributed by atoms with E-state index in [1.54, 1.807) is 0 Å². The minimum Gasteiger partial charge on any atom is -0.305 e. The van der Waals surface area contributed by atoms with E-state index in [0.717, 1.165) is 0 Å². The monoisotopic (exact) mass is 203 g/mol. The topological polar surface area (TPSA) is 37.4 Å². The summed E-state index contributed by atoms with van der Waals surface area (Å²) in [6.45, 7) is 4.35. The third kappa shape index (κ3) is 0.960. The van der Waals surface area contributed by atoms with Gasteiger partial charge in [-0.25, -0.2) is 8.42 Å². The number of fused-ring (bicyclic) bond motifs is 1. The van der Waals surface area contributed by atoms with Gasteiger partial charge in [0.25, 0.3) is 0 Å². The van der Waals surface area contributed by atoms with Crippen molar-refractivity contribution in [2.45, 2.75) is 25.1 Å². The highest BCUT2D eigenvalue weighted by Crippen LogP contribution is 2.58. The summed E-state index contributed by atoms with van der Waals surface area (Å²) < 4.78 is 22.9. The van der Waals surface area contributed by atoms with Crippen LogP contribution in [0, 0.1) is 11.3 Å². The van der Waals surface area contributed by atoms with Crippen molar-refractivity contribution in [3.63, 3.8) is 0 Å². The summed E-state index contributed by atoms with van der Waals surface area (Å²) in [5, 5.41) is -0.0718. The quantitative estimate of drug-likeness (QED) is 0.618. The van der Waals surface area contributed by atoms with E-state index in [0.29, 0.717) is 11.7 Å². The van der Waals surface area contributed by atoms with E-state index in [4.69, 9.17) is 0 Å². The second-order valence-corrected chi connectivity index (χ2v) is 7.33. The van der Waals surface area contributed by atoms with Gasteiger partial charge in [-0.3, -0.25) is 0 Å². The SMILES string of the molecule is CN(C)[C@H]1[C@@H]2[C@H](CS2(=O)=O)C1(C)C. The number of rotatable bonds is 1. The van der Waals surface area contributed by atoms with Crippen LogP contribution in [0.1, 0.15) is 13.8 Å². The predicted octanol–water partition coefficient (Wildman–Crippen LogP) is 0.370. The van der Waals surface area contributed by atoms with Crippen molar-refractivity contribution in [1.82, 2.24) is 4.90 Å². The van der Waals surface area contributed by atoms with Gasteiger partial charge in [-0.05, 0) is 25.4 Å². The largest absolute Gasteiger partial charge is 0.305 e. The van der Waals surface area contributed by atoms with Crippen LogP contribution in [0.3, 0.4) is 0 Å². The molecule has 0 radical (unpaired) electrons. The van der Waals surface area contributed by atoms with Crippen LogP contribution in [-0.4, -0.2) is 44.5 Å². The molecule has 4 heteroatoms. The second-order valence-electron chi connectivity index (χ2n) is 5.13. The van der Waals surface area contributed by atoms with Gasteiger partial charge in [-0.1, -0.05) is 13.8 Å². The maximum atomic E-state index is 11.5. The van der Waals surface area contributed by atoms with E-state index in [1.807, 2.05) is 14.1 Å². The minimum absolute atomic E-state index is 0.0718. The van der Waals surface area contributed by atoms with Gasteiger partial charge in [-0.2, -0.15) is 0 Å². The van der Waals surface area contributed by atoms with E-state index in [2.05, 4.69) is 18.7 Å². The molecule has 0 spiro atoms. The van der Waals surface area contributed by atoms with Crippen molar-refractivity contribution in [1.29, 1.82) is 0 Å². The van der Waals surface area contributed by atoms with Crippen molar-refractivity contribution in [2.24, 2.45) is 11.3 Å². The predicted molar refractivity (Wildman–Crippen MR) is 52.3 cm³/mol. The molecule has 0 aromatic carbocycles. The molecule has 0 aromatic rings. The van der Waals surface area contributed by atoms with Crippen LogP contribution >= 0.6 is 0 Å². The van der Waals surface area contributed by atoms with E-state index in [-0.39, 0.29) is 16.7 Å². The fourth-order valence-corrected chi connectivity index (χ4v) is 6.06. The van der Waals surface area contributed by atoms with Crippen LogP contribution in [0.5, 0.6) is 0 Å². The highest BCUT2D eigenvalue weighted by Gasteiger charge is 2.69. The first kappa shape index (κ1) is 9.46. The summed E-state index contributed by atoms with van der Waals surface area (Å²) in [5.41, 5.74) is 0.180. The first-order chi connectivity index (χ1) is 5.78. The lowest BCUT2D eigenvalue weighted by Gasteiger charge is -2.65. The molecule has 3 atom stereocenters. The molecule has 0 N–H and O–H groups in total. The Hall–Kier alpha value is -0.0900. The minimum atomic E-state index is -2.73. The maximum Gasteiger partial charge on any atom is 0.155 e. The molecule has 1 aliphatic carbocycles. The molecular formula is C9H17NO2S. The third-order valence-corrected chi connectivity index (χ3v) is 6.05. The first-order valence-electron chi connectivity index (χ1n) is 4.66. The summed E-state index contributed by atoms with van der Waals surface area (Å²) in [7, 11) is 1.21. The van der Waals surface area contributed by atoms with Crippen molar-refractivity contribution in [3.05, 3.63) is 0 Å². The van der Waals surface area contributed by atoms with Crippen LogP contribution in [0.4, 0.5) is 0 Å². The molecule has 76 valence electrons. The van der Waals surface area contributed by atoms with Crippen LogP contribution < -0.4 is 0 Å². The summed E-state index contributed by atoms with van der Waals surface area (Å²) in [4.78, 5) is 2.05. The van der Waals surface area contributed by atoms with Gasteiger partial charge in [0.2, 0.25) is 0 Å². The summed E-state index contributed by atoms with van der Waals surface area (Å²) in [5.74, 6) is 0.819. The fourth-order valence-electron chi connectivity index (χ4n) is 3.12. The second kappa shape index (κ2) is 2.28. The molecule has 0 unspecified atom stereocenters. The summed E-state index contributed by atoms with van der Waals surface area (Å²) in [6, 6.07) is 0.219. The molecule has 0 aromatic heterocycles. The smallest absolute Gasteiger partial charge is 0.155 e. The standard InChI is InChI=1S/C9H17NO2S/c1-9(2)6-5-13(11,12)7(6)8(9)10(3)4/h6-8H,5H2,1-4H3/t6-,7-,8-/m0/s1. The molecule has 1 saturated carbocycles. The number of hydrogen-bond donors (Lipinski definition) is 0. The average molecular weight is 203 g/mol. The molecule has 13 heavy (non-hydrogen) atoms. The van der Waals surface area contributed by atoms with Crippen LogP contribution in [0.2, 0.25) is 0 Å². The van der Waals surface area contributed by atoms with Gasteiger partial charge in [-0.15, -0.1) is 0 Å². The van der Waals surface area contributed by atoms with Crippen LogP contribution in [0.15, 0.2) is 0 Å². The third-order valence-electron chi connectivity index (χ3n) is 3.81. The van der Waals surface area contributed by atoms with E-state index >= 15 is 0 Å². The molecule has 0 bridgehead atoms. The molecule has 3 nitrogen and oxygen atoms in total. The summed E-state index contributed by atoms with van der Waals surface area (Å²) in [6.07, 6.45) is 0. The molecule has 0 amide bonds. The lowest BCUT2D eigenvalue weighted by atomic mass is 9.57. The Kier molecular flexibility index (Phi) is 1.66. The zero-order valence-electron chi connectivity index (χ0n) is 8.61. The highest BCUT2D eigenvalue weighted by atomic mass is 32.2. The van der Waals surface area contributed by atoms with Crippen molar-refractivity contribution in [2.75, 3.05) is 19.8 Å². The highest BCUT2D eigenvalue weighted by molar-refractivity contribution is 7.93. The Labute approximate surface area is 80.0 Å². The maximum absolute atomic E-state index is 11.5. The zero-order chi connectivity index (χ0) is 10.0. The van der Waals surface area contributed by atoms with Crippen molar-refractivity contribution in [3.8, 4) is 0 Å². The zero-order valence-corrected chi connectivity index (χ0v) is 9.43. The van der Waals surface area contributed by atoms with E-state index in [1.165, 1.54) is 0 Å². The summed E-state index contributed by atoms with van der Waals surface area (Å²) >= 11 is 0. The lowest BCUT2D eigenvalue weighted by molar-refractivity contribution is -0.0397. The lowest BCUT2D eigenvalue weighted by Crippen LogP contribution is -2.77. The van der Waals surface area contributed by atoms with Gasteiger partial charge >= 0.3 is 0 Å². The molecule has 1 saturated heterocycles. The van der Waals surface area contributed by atoms with E-state index < -0.39 is 9.84 Å². The van der Waals surface area contributed by atoms with Gasteiger partial charge in [0.05, 0.1) is 11.0 Å². The fraction of sp³-hybridized carbons (Fsp3) is 1.00. The molecule has 2 aliphatic rings. The normalized spacial score (nSPS) is 44.8. The molecular weight excluding hydrogens is 186 g/mol. The molecule has 2 rings (SSSR count). The van der Waals surface area contributed by atoms with Crippen molar-refractivity contribution < 1.29 is 8.42 Å². The van der Waals surface area contributed by atoms with E-state index in [9.17, 15) is 8.42 Å². The molecule has 1 aliphatic heterocycles.